The lowest BCUT2D eigenvalue weighted by molar-refractivity contribution is 0.192. The molecule has 1 aliphatic carbocycles. The van der Waals surface area contributed by atoms with E-state index >= 15 is 0 Å². The van der Waals surface area contributed by atoms with Gasteiger partial charge in [-0.05, 0) is 53.9 Å². The Bertz CT molecular complexity index is 1150. The maximum Gasteiger partial charge on any atom is 0.258 e. The van der Waals surface area contributed by atoms with Gasteiger partial charge in [0.25, 0.3) is 5.56 Å². The van der Waals surface area contributed by atoms with E-state index in [0.717, 1.165) is 49.1 Å². The molecule has 0 bridgehead atoms. The summed E-state index contributed by atoms with van der Waals surface area (Å²) in [5, 5.41) is 5.75. The van der Waals surface area contributed by atoms with Gasteiger partial charge in [0.2, 0.25) is 5.95 Å². The van der Waals surface area contributed by atoms with Crippen LogP contribution in [0.1, 0.15) is 29.2 Å². The van der Waals surface area contributed by atoms with Gasteiger partial charge in [0.1, 0.15) is 0 Å². The first-order valence-electron chi connectivity index (χ1n) is 11.0. The van der Waals surface area contributed by atoms with Gasteiger partial charge in [-0.25, -0.2) is 4.98 Å². The normalized spacial score (nSPS) is 23.4. The summed E-state index contributed by atoms with van der Waals surface area (Å²) in [6, 6.07) is 15.5. The van der Waals surface area contributed by atoms with E-state index in [1.807, 2.05) is 6.92 Å². The molecular formula is C25H30N4O. The largest absolute Gasteiger partial charge is 0.359 e. The molecule has 1 saturated heterocycles. The molecule has 2 aliphatic rings. The van der Waals surface area contributed by atoms with Gasteiger partial charge in [-0.1, -0.05) is 42.5 Å². The molecule has 3 aromatic rings. The lowest BCUT2D eigenvalue weighted by Crippen LogP contribution is -2.33. The maximum absolute atomic E-state index is 12.7. The number of benzene rings is 2. The van der Waals surface area contributed by atoms with Crippen molar-refractivity contribution in [1.29, 1.82) is 0 Å². The predicted molar refractivity (Wildman–Crippen MR) is 122 cm³/mol. The first kappa shape index (κ1) is 19.3. The van der Waals surface area contributed by atoms with Crippen LogP contribution in [0.25, 0.3) is 10.8 Å². The van der Waals surface area contributed by atoms with Crippen LogP contribution < -0.4 is 10.9 Å². The minimum atomic E-state index is 0.0719. The Morgan fingerprint density at radius 2 is 1.93 bits per heavy atom. The van der Waals surface area contributed by atoms with Crippen molar-refractivity contribution in [3.63, 3.8) is 0 Å². The van der Waals surface area contributed by atoms with Crippen LogP contribution in [-0.4, -0.2) is 41.1 Å². The van der Waals surface area contributed by atoms with E-state index in [-0.39, 0.29) is 5.56 Å². The standard InChI is InChI=1S/C25H30N4O/c1-16-19(24(30)28(3)25(26-2)27-16)11-12-29-14-18-13-22(23(18)15-29)21-10-6-8-17-7-4-5-9-20(17)21/h4-10,18,22-23H,11-15H2,1-3H3,(H,26,27). The quantitative estimate of drug-likeness (QED) is 0.709. The second-order valence-corrected chi connectivity index (χ2v) is 8.96. The molecule has 0 amide bonds. The van der Waals surface area contributed by atoms with Crippen molar-refractivity contribution in [3.05, 3.63) is 69.6 Å². The molecule has 5 nitrogen and oxygen atoms in total. The van der Waals surface area contributed by atoms with Crippen molar-refractivity contribution in [3.8, 4) is 0 Å². The lowest BCUT2D eigenvalue weighted by atomic mass is 9.63. The highest BCUT2D eigenvalue weighted by Gasteiger charge is 2.47. The third-order valence-electron chi connectivity index (χ3n) is 7.36. The van der Waals surface area contributed by atoms with Crippen LogP contribution in [0.2, 0.25) is 0 Å². The maximum atomic E-state index is 12.7. The van der Waals surface area contributed by atoms with E-state index < -0.39 is 0 Å². The summed E-state index contributed by atoms with van der Waals surface area (Å²) in [5.41, 5.74) is 3.29. The summed E-state index contributed by atoms with van der Waals surface area (Å²) in [6.07, 6.45) is 2.06. The molecule has 156 valence electrons. The average Bonchev–Trinajstić information content (AvgIpc) is 3.07. The van der Waals surface area contributed by atoms with Crippen molar-refractivity contribution in [2.75, 3.05) is 32.0 Å². The summed E-state index contributed by atoms with van der Waals surface area (Å²) >= 11 is 0. The molecule has 1 aliphatic heterocycles. The average molecular weight is 403 g/mol. The zero-order chi connectivity index (χ0) is 20.8. The molecule has 2 fully saturated rings. The van der Waals surface area contributed by atoms with Gasteiger partial charge < -0.3 is 10.2 Å². The molecule has 0 radical (unpaired) electrons. The van der Waals surface area contributed by atoms with Crippen LogP contribution in [0, 0.1) is 18.8 Å². The second-order valence-electron chi connectivity index (χ2n) is 8.96. The summed E-state index contributed by atoms with van der Waals surface area (Å²) in [7, 11) is 3.59. The summed E-state index contributed by atoms with van der Waals surface area (Å²) in [5.74, 6) is 2.82. The van der Waals surface area contributed by atoms with Gasteiger partial charge in [-0.2, -0.15) is 0 Å². The van der Waals surface area contributed by atoms with Gasteiger partial charge in [0.05, 0.1) is 0 Å². The molecule has 1 saturated carbocycles. The molecule has 2 aromatic carbocycles. The number of fused-ring (bicyclic) bond motifs is 2. The molecule has 5 rings (SSSR count). The zero-order valence-electron chi connectivity index (χ0n) is 18.1. The number of aryl methyl sites for hydroxylation is 1. The van der Waals surface area contributed by atoms with E-state index in [1.165, 1.54) is 22.8 Å². The summed E-state index contributed by atoms with van der Waals surface area (Å²) in [6.45, 7) is 5.18. The lowest BCUT2D eigenvalue weighted by Gasteiger charge is -2.40. The molecule has 3 atom stereocenters. The molecule has 1 N–H and O–H groups in total. The molecule has 0 spiro atoms. The number of nitrogens with zero attached hydrogens (tertiary/aromatic N) is 3. The van der Waals surface area contributed by atoms with Crippen LogP contribution in [-0.2, 0) is 13.5 Å². The highest BCUT2D eigenvalue weighted by Crippen LogP contribution is 2.52. The van der Waals surface area contributed by atoms with Crippen molar-refractivity contribution in [2.24, 2.45) is 18.9 Å². The van der Waals surface area contributed by atoms with E-state index in [4.69, 9.17) is 0 Å². The first-order valence-corrected chi connectivity index (χ1v) is 11.0. The number of hydrogen-bond donors (Lipinski definition) is 1. The fraction of sp³-hybridized carbons (Fsp3) is 0.440. The molecule has 1 aromatic heterocycles. The highest BCUT2D eigenvalue weighted by molar-refractivity contribution is 5.86. The van der Waals surface area contributed by atoms with Crippen LogP contribution in [0.5, 0.6) is 0 Å². The first-order chi connectivity index (χ1) is 14.6. The monoisotopic (exact) mass is 402 g/mol. The summed E-state index contributed by atoms with van der Waals surface area (Å²) in [4.78, 5) is 19.9. The van der Waals surface area contributed by atoms with Crippen molar-refractivity contribution in [1.82, 2.24) is 14.5 Å². The van der Waals surface area contributed by atoms with Crippen LogP contribution >= 0.6 is 0 Å². The smallest absolute Gasteiger partial charge is 0.258 e. The van der Waals surface area contributed by atoms with Crippen LogP contribution in [0.15, 0.2) is 47.3 Å². The molecule has 30 heavy (non-hydrogen) atoms. The number of nitrogens with one attached hydrogen (secondary N) is 1. The summed E-state index contributed by atoms with van der Waals surface area (Å²) < 4.78 is 1.62. The Labute approximate surface area is 177 Å². The number of anilines is 1. The Morgan fingerprint density at radius 1 is 1.13 bits per heavy atom. The van der Waals surface area contributed by atoms with Gasteiger partial charge >= 0.3 is 0 Å². The van der Waals surface area contributed by atoms with Gasteiger partial charge in [-0.15, -0.1) is 0 Å². The van der Waals surface area contributed by atoms with E-state index in [0.29, 0.717) is 11.9 Å². The fourth-order valence-electron chi connectivity index (χ4n) is 5.65. The number of rotatable bonds is 5. The Hall–Kier alpha value is -2.66. The van der Waals surface area contributed by atoms with Crippen molar-refractivity contribution in [2.45, 2.75) is 25.7 Å². The molecular weight excluding hydrogens is 372 g/mol. The Morgan fingerprint density at radius 3 is 2.77 bits per heavy atom. The van der Waals surface area contributed by atoms with Crippen LogP contribution in [0.3, 0.4) is 0 Å². The third kappa shape index (κ3) is 3.12. The second kappa shape index (κ2) is 7.55. The number of aromatic nitrogens is 2. The van der Waals surface area contributed by atoms with Crippen molar-refractivity contribution < 1.29 is 0 Å². The van der Waals surface area contributed by atoms with Gasteiger partial charge in [0.15, 0.2) is 0 Å². The molecule has 3 unspecified atom stereocenters. The van der Waals surface area contributed by atoms with E-state index in [2.05, 4.69) is 57.7 Å². The van der Waals surface area contributed by atoms with Crippen molar-refractivity contribution >= 4 is 16.7 Å². The van der Waals surface area contributed by atoms with E-state index in [1.54, 1.807) is 18.7 Å². The zero-order valence-corrected chi connectivity index (χ0v) is 18.1. The molecule has 2 heterocycles. The fourth-order valence-corrected chi connectivity index (χ4v) is 5.65. The Balaban J connectivity index is 1.29. The van der Waals surface area contributed by atoms with Gasteiger partial charge in [0, 0.05) is 45.0 Å². The number of likely N-dealkylation sites (tertiary alicyclic amines) is 1. The third-order valence-corrected chi connectivity index (χ3v) is 7.36. The highest BCUT2D eigenvalue weighted by atomic mass is 16.1. The minimum absolute atomic E-state index is 0.0719. The topological polar surface area (TPSA) is 50.2 Å². The molecule has 5 heteroatoms. The minimum Gasteiger partial charge on any atom is -0.359 e. The number of hydrogen-bond acceptors (Lipinski definition) is 4. The van der Waals surface area contributed by atoms with Gasteiger partial charge in [-0.3, -0.25) is 9.36 Å². The predicted octanol–water partition coefficient (Wildman–Crippen LogP) is 3.56. The Kier molecular flexibility index (Phi) is 4.86. The van der Waals surface area contributed by atoms with Crippen LogP contribution in [0.4, 0.5) is 5.95 Å². The van der Waals surface area contributed by atoms with E-state index in [9.17, 15) is 4.79 Å². The SMILES string of the molecule is CNc1nc(C)c(CCN2CC3CC(c4cccc5ccccc45)C3C2)c(=O)n1C.